The molecule has 1 amide bonds. The molecule has 1 unspecified atom stereocenters. The summed E-state index contributed by atoms with van der Waals surface area (Å²) in [6, 6.07) is 0.321. The van der Waals surface area contributed by atoms with Crippen molar-refractivity contribution in [3.05, 3.63) is 11.7 Å². The zero-order valence-corrected chi connectivity index (χ0v) is 16.6. The molecule has 7 heteroatoms. The van der Waals surface area contributed by atoms with E-state index in [0.29, 0.717) is 24.9 Å². The highest BCUT2D eigenvalue weighted by Gasteiger charge is 2.54. The lowest BCUT2D eigenvalue weighted by molar-refractivity contribution is -0.146. The number of carbonyl (C=O) groups excluding carboxylic acids is 1. The molecule has 4 bridgehead atoms. The fourth-order valence-electron chi connectivity index (χ4n) is 5.71. The topological polar surface area (TPSA) is 80.0 Å². The average molecular weight is 383 g/mol. The van der Waals surface area contributed by atoms with Crippen molar-refractivity contribution in [2.24, 2.45) is 23.2 Å². The zero-order valence-electron chi connectivity index (χ0n) is 15.8. The van der Waals surface area contributed by atoms with Crippen LogP contribution in [-0.4, -0.2) is 35.7 Å². The second-order valence-electron chi connectivity index (χ2n) is 8.70. The molecule has 4 fully saturated rings. The first-order valence-electron chi connectivity index (χ1n) is 9.83. The Kier molecular flexibility index (Phi) is 5.92. The maximum Gasteiger partial charge on any atom is 0.228 e. The van der Waals surface area contributed by atoms with Crippen LogP contribution in [0.2, 0.25) is 0 Å². The van der Waals surface area contributed by atoms with E-state index in [0.717, 1.165) is 49.3 Å². The summed E-state index contributed by atoms with van der Waals surface area (Å²) in [6.45, 7) is 2.67. The number of likely N-dealkylation sites (N-methyl/N-ethyl adjacent to an activating group) is 1. The van der Waals surface area contributed by atoms with Crippen molar-refractivity contribution in [2.45, 2.75) is 64.3 Å². The molecule has 1 heterocycles. The maximum absolute atomic E-state index is 12.9. The summed E-state index contributed by atoms with van der Waals surface area (Å²) < 4.78 is 5.30. The third-order valence-corrected chi connectivity index (χ3v) is 6.64. The number of carbonyl (C=O) groups is 1. The van der Waals surface area contributed by atoms with Gasteiger partial charge < -0.3 is 15.2 Å². The highest BCUT2D eigenvalue weighted by atomic mass is 35.5. The third-order valence-electron chi connectivity index (χ3n) is 6.64. The van der Waals surface area contributed by atoms with Gasteiger partial charge in [-0.3, -0.25) is 4.79 Å². The minimum Gasteiger partial charge on any atom is -0.355 e. The minimum absolute atomic E-state index is 0. The van der Waals surface area contributed by atoms with Gasteiger partial charge >= 0.3 is 0 Å². The van der Waals surface area contributed by atoms with Crippen LogP contribution in [0, 0.1) is 23.2 Å². The molecule has 2 N–H and O–H groups in total. The summed E-state index contributed by atoms with van der Waals surface area (Å²) >= 11 is 0. The van der Waals surface area contributed by atoms with Crippen molar-refractivity contribution in [3.8, 4) is 0 Å². The molecule has 4 saturated carbocycles. The Morgan fingerprint density at radius 2 is 1.85 bits per heavy atom. The van der Waals surface area contributed by atoms with Crippen molar-refractivity contribution < 1.29 is 9.32 Å². The Hall–Kier alpha value is -1.14. The minimum atomic E-state index is -0.0724. The highest BCUT2D eigenvalue weighted by molar-refractivity contribution is 5.85. The van der Waals surface area contributed by atoms with Gasteiger partial charge in [0.05, 0.1) is 0 Å². The molecule has 4 aliphatic rings. The van der Waals surface area contributed by atoms with Crippen molar-refractivity contribution >= 4 is 18.3 Å². The summed E-state index contributed by atoms with van der Waals surface area (Å²) in [7, 11) is 1.92. The molecule has 0 aromatic carbocycles. The number of halogens is 1. The van der Waals surface area contributed by atoms with E-state index in [9.17, 15) is 4.79 Å². The van der Waals surface area contributed by atoms with Crippen molar-refractivity contribution in [1.82, 2.24) is 20.8 Å². The van der Waals surface area contributed by atoms with E-state index in [2.05, 4.69) is 27.7 Å². The van der Waals surface area contributed by atoms with Crippen LogP contribution in [0.4, 0.5) is 0 Å². The lowest BCUT2D eigenvalue weighted by Crippen LogP contribution is -2.53. The molecule has 0 aliphatic heterocycles. The molecule has 6 nitrogen and oxygen atoms in total. The number of nitrogens with one attached hydrogen (secondary N) is 2. The van der Waals surface area contributed by atoms with Crippen LogP contribution in [0.1, 0.15) is 57.2 Å². The maximum atomic E-state index is 12.9. The summed E-state index contributed by atoms with van der Waals surface area (Å²) in [6.07, 6.45) is 8.78. The lowest BCUT2D eigenvalue weighted by Gasteiger charge is -2.55. The second-order valence-corrected chi connectivity index (χ2v) is 8.70. The molecule has 146 valence electrons. The quantitative estimate of drug-likeness (QED) is 0.757. The molecule has 5 rings (SSSR count). The fourth-order valence-corrected chi connectivity index (χ4v) is 5.71. The number of rotatable bonds is 7. The van der Waals surface area contributed by atoms with Crippen LogP contribution in [0.15, 0.2) is 4.52 Å². The number of amides is 1. The van der Waals surface area contributed by atoms with Crippen molar-refractivity contribution in [3.63, 3.8) is 0 Å². The van der Waals surface area contributed by atoms with Crippen LogP contribution >= 0.6 is 12.4 Å². The molecule has 26 heavy (non-hydrogen) atoms. The van der Waals surface area contributed by atoms with Crippen LogP contribution in [0.3, 0.4) is 0 Å². The third kappa shape index (κ3) is 3.91. The first kappa shape index (κ1) is 19.6. The molecular formula is C19H31ClN4O2. The summed E-state index contributed by atoms with van der Waals surface area (Å²) in [5.74, 6) is 4.00. The number of hydrogen-bond donors (Lipinski definition) is 2. The Morgan fingerprint density at radius 3 is 2.42 bits per heavy atom. The molecule has 0 saturated heterocycles. The fraction of sp³-hybridized carbons (Fsp3) is 0.842. The van der Waals surface area contributed by atoms with E-state index in [1.54, 1.807) is 0 Å². The Labute approximate surface area is 161 Å². The predicted molar refractivity (Wildman–Crippen MR) is 101 cm³/mol. The SMILES string of the molecule is CNC(C)Cc1noc(CCNC(=O)C23CC4CC(CC(C4)C2)C3)n1.Cl. The van der Waals surface area contributed by atoms with Crippen LogP contribution < -0.4 is 10.6 Å². The highest BCUT2D eigenvalue weighted by Crippen LogP contribution is 2.60. The van der Waals surface area contributed by atoms with Gasteiger partial charge in [0.1, 0.15) is 0 Å². The van der Waals surface area contributed by atoms with Gasteiger partial charge in [-0.05, 0) is 70.3 Å². The van der Waals surface area contributed by atoms with Crippen LogP contribution in [-0.2, 0) is 17.6 Å². The number of hydrogen-bond acceptors (Lipinski definition) is 5. The van der Waals surface area contributed by atoms with Crippen molar-refractivity contribution in [1.29, 1.82) is 0 Å². The molecule has 1 aromatic rings. The van der Waals surface area contributed by atoms with Crippen LogP contribution in [0.5, 0.6) is 0 Å². The standard InChI is InChI=1S/C19H30N4O2.ClH/c1-12(20-2)5-16-22-17(25-23-16)3-4-21-18(24)19-9-13-6-14(10-19)8-15(7-13)11-19;/h12-15,20H,3-11H2,1-2H3,(H,21,24);1H. The van der Waals surface area contributed by atoms with Gasteiger partial charge in [0, 0.05) is 30.8 Å². The second kappa shape index (κ2) is 7.85. The lowest BCUT2D eigenvalue weighted by atomic mass is 9.49. The van der Waals surface area contributed by atoms with E-state index >= 15 is 0 Å². The van der Waals surface area contributed by atoms with E-state index in [-0.39, 0.29) is 23.7 Å². The van der Waals surface area contributed by atoms with Gasteiger partial charge in [0.15, 0.2) is 5.82 Å². The summed E-state index contributed by atoms with van der Waals surface area (Å²) in [4.78, 5) is 17.3. The zero-order chi connectivity index (χ0) is 17.4. The van der Waals surface area contributed by atoms with Crippen LogP contribution in [0.25, 0.3) is 0 Å². The Morgan fingerprint density at radius 1 is 1.23 bits per heavy atom. The van der Waals surface area contributed by atoms with Gasteiger partial charge in [-0.25, -0.2) is 0 Å². The van der Waals surface area contributed by atoms with E-state index in [1.807, 2.05) is 7.05 Å². The van der Waals surface area contributed by atoms with Gasteiger partial charge in [-0.15, -0.1) is 12.4 Å². The number of aromatic nitrogens is 2. The van der Waals surface area contributed by atoms with Crippen molar-refractivity contribution in [2.75, 3.05) is 13.6 Å². The summed E-state index contributed by atoms with van der Waals surface area (Å²) in [5, 5.41) is 10.4. The Bertz CT molecular complexity index is 598. The molecule has 1 atom stereocenters. The largest absolute Gasteiger partial charge is 0.355 e. The van der Waals surface area contributed by atoms with E-state index in [4.69, 9.17) is 4.52 Å². The van der Waals surface area contributed by atoms with Gasteiger partial charge in [0.25, 0.3) is 0 Å². The van der Waals surface area contributed by atoms with Gasteiger partial charge in [-0.2, -0.15) is 4.98 Å². The Balaban J connectivity index is 0.00000196. The average Bonchev–Trinajstić information content (AvgIpc) is 3.00. The molecule has 0 radical (unpaired) electrons. The van der Waals surface area contributed by atoms with Gasteiger partial charge in [0.2, 0.25) is 11.8 Å². The van der Waals surface area contributed by atoms with Gasteiger partial charge in [-0.1, -0.05) is 5.16 Å². The first-order chi connectivity index (χ1) is 12.1. The monoisotopic (exact) mass is 382 g/mol. The first-order valence-corrected chi connectivity index (χ1v) is 9.83. The normalized spacial score (nSPS) is 32.9. The predicted octanol–water partition coefficient (Wildman–Crippen LogP) is 2.52. The number of nitrogens with zero attached hydrogens (tertiary/aromatic N) is 2. The molecule has 4 aliphatic carbocycles. The molecule has 1 aromatic heterocycles. The molecule has 0 spiro atoms. The smallest absolute Gasteiger partial charge is 0.228 e. The summed E-state index contributed by atoms with van der Waals surface area (Å²) in [5.41, 5.74) is -0.0724. The molecular weight excluding hydrogens is 352 g/mol. The van der Waals surface area contributed by atoms with E-state index in [1.165, 1.54) is 19.3 Å². The van der Waals surface area contributed by atoms with E-state index < -0.39 is 0 Å².